The predicted molar refractivity (Wildman–Crippen MR) is 36.4 cm³/mol. The lowest BCUT2D eigenvalue weighted by Gasteiger charge is -2.76. The summed E-state index contributed by atoms with van der Waals surface area (Å²) in [7, 11) is 2.35. The molecule has 0 N–H and O–H groups in total. The number of hydrogen-bond acceptors (Lipinski definition) is 1. The molecule has 0 aromatic heterocycles. The Kier molecular flexibility index (Phi) is 0.746. The third-order valence-electron chi connectivity index (χ3n) is 3.71. The van der Waals surface area contributed by atoms with E-state index < -0.39 is 0 Å². The van der Waals surface area contributed by atoms with Crippen molar-refractivity contribution in [1.82, 2.24) is 4.90 Å². The molecule has 3 atom stereocenters. The Hall–Kier alpha value is -0.0800. The van der Waals surface area contributed by atoms with Gasteiger partial charge >= 0.3 is 0 Å². The van der Waals surface area contributed by atoms with Crippen molar-refractivity contribution < 1.29 is 4.48 Å². The van der Waals surface area contributed by atoms with Crippen LogP contribution in [0.2, 0.25) is 0 Å². The number of hydrogen-bond donors (Lipinski definition) is 0. The summed E-state index contributed by atoms with van der Waals surface area (Å²) in [5.41, 5.74) is 0. The van der Waals surface area contributed by atoms with Gasteiger partial charge in [0.15, 0.2) is 18.5 Å². The van der Waals surface area contributed by atoms with E-state index in [-0.39, 0.29) is 0 Å². The Morgan fingerprint density at radius 1 is 1.00 bits per heavy atom. The molecule has 0 radical (unpaired) electrons. The molecule has 2 nitrogen and oxygen atoms in total. The Balaban J connectivity index is 2.21. The zero-order valence-electron chi connectivity index (χ0n) is 6.63. The topological polar surface area (TPSA) is 3.24 Å². The van der Waals surface area contributed by atoms with Gasteiger partial charge in [-0.25, -0.2) is 0 Å². The molecular weight excluding hydrogens is 112 g/mol. The normalized spacial score (nSPS) is 70.7. The summed E-state index contributed by atoms with van der Waals surface area (Å²) in [5, 5.41) is 0. The van der Waals surface area contributed by atoms with Crippen molar-refractivity contribution in [3.63, 3.8) is 0 Å². The van der Waals surface area contributed by atoms with E-state index in [1.165, 1.54) is 4.48 Å². The molecule has 0 aromatic rings. The molecule has 3 rings (SSSR count). The average molecular weight is 127 g/mol. The summed E-state index contributed by atoms with van der Waals surface area (Å²) in [5.74, 6) is 0. The van der Waals surface area contributed by atoms with Gasteiger partial charge in [-0.3, -0.25) is 4.48 Å². The molecule has 0 aromatic carbocycles. The molecule has 2 heteroatoms. The molecule has 3 aliphatic heterocycles. The van der Waals surface area contributed by atoms with E-state index in [2.05, 4.69) is 32.7 Å². The van der Waals surface area contributed by atoms with E-state index in [1.54, 1.807) is 0 Å². The summed E-state index contributed by atoms with van der Waals surface area (Å²) >= 11 is 0. The average Bonchev–Trinajstić information content (AvgIpc) is 1.90. The van der Waals surface area contributed by atoms with E-state index in [0.29, 0.717) is 0 Å². The molecule has 3 saturated heterocycles. The van der Waals surface area contributed by atoms with Crippen LogP contribution in [0.5, 0.6) is 0 Å². The summed E-state index contributed by atoms with van der Waals surface area (Å²) in [6, 6.07) is 0. The number of rotatable bonds is 0. The molecule has 3 unspecified atom stereocenters. The lowest BCUT2D eigenvalue weighted by molar-refractivity contribution is -1.15. The molecular formula is C7H15N2+. The lowest BCUT2D eigenvalue weighted by atomic mass is 9.95. The molecule has 3 aliphatic rings. The first-order valence-electron chi connectivity index (χ1n) is 3.73. The van der Waals surface area contributed by atoms with Crippen LogP contribution in [0.25, 0.3) is 0 Å². The highest BCUT2D eigenvalue weighted by Crippen LogP contribution is 2.50. The van der Waals surface area contributed by atoms with Crippen LogP contribution in [0, 0.1) is 0 Å². The summed E-state index contributed by atoms with van der Waals surface area (Å²) in [6.07, 6.45) is 2.40. The van der Waals surface area contributed by atoms with Crippen LogP contribution in [0.15, 0.2) is 0 Å². The second kappa shape index (κ2) is 1.18. The second-order valence-electron chi connectivity index (χ2n) is 3.56. The zero-order valence-corrected chi connectivity index (χ0v) is 6.63. The highest BCUT2D eigenvalue weighted by molar-refractivity contribution is 4.87. The SMILES string of the molecule is CC1N2C(C)[N+]1(C)C2C. The van der Waals surface area contributed by atoms with Gasteiger partial charge in [0, 0.05) is 20.8 Å². The van der Waals surface area contributed by atoms with Crippen molar-refractivity contribution in [1.29, 1.82) is 0 Å². The monoisotopic (exact) mass is 127 g/mol. The van der Waals surface area contributed by atoms with Crippen molar-refractivity contribution in [2.75, 3.05) is 7.05 Å². The van der Waals surface area contributed by atoms with Gasteiger partial charge in [-0.1, -0.05) is 0 Å². The van der Waals surface area contributed by atoms with Crippen LogP contribution in [-0.4, -0.2) is 34.9 Å². The summed E-state index contributed by atoms with van der Waals surface area (Å²) in [4.78, 5) is 2.56. The molecule has 3 heterocycles. The van der Waals surface area contributed by atoms with Crippen LogP contribution in [0.4, 0.5) is 0 Å². The zero-order chi connectivity index (χ0) is 6.81. The van der Waals surface area contributed by atoms with Crippen molar-refractivity contribution in [2.45, 2.75) is 39.3 Å². The minimum Gasteiger partial charge on any atom is -0.281 e. The standard InChI is InChI=1S/C7H15N2/c1-5-8-6(2)9(5,4)7(8)3/h5-7H,1-4H3/q+1. The van der Waals surface area contributed by atoms with Gasteiger partial charge in [-0.2, -0.15) is 4.90 Å². The van der Waals surface area contributed by atoms with E-state index in [4.69, 9.17) is 0 Å². The van der Waals surface area contributed by atoms with E-state index >= 15 is 0 Å². The van der Waals surface area contributed by atoms with Crippen LogP contribution >= 0.6 is 0 Å². The lowest BCUT2D eigenvalue weighted by Crippen LogP contribution is -2.97. The molecule has 0 saturated carbocycles. The fraction of sp³-hybridized carbons (Fsp3) is 1.00. The largest absolute Gasteiger partial charge is 0.281 e. The Morgan fingerprint density at radius 2 is 1.33 bits per heavy atom. The molecule has 3 fully saturated rings. The molecule has 0 amide bonds. The smallest absolute Gasteiger partial charge is 0.154 e. The summed E-state index contributed by atoms with van der Waals surface area (Å²) < 4.78 is 1.28. The number of nitrogens with zero attached hydrogens (tertiary/aromatic N) is 2. The van der Waals surface area contributed by atoms with E-state index in [0.717, 1.165) is 18.5 Å². The van der Waals surface area contributed by atoms with Crippen LogP contribution in [0.1, 0.15) is 20.8 Å². The molecule has 0 aliphatic carbocycles. The summed E-state index contributed by atoms with van der Waals surface area (Å²) in [6.45, 7) is 6.92. The van der Waals surface area contributed by atoms with Gasteiger partial charge in [-0.15, -0.1) is 0 Å². The Morgan fingerprint density at radius 3 is 1.33 bits per heavy atom. The fourth-order valence-corrected chi connectivity index (χ4v) is 2.53. The quantitative estimate of drug-likeness (QED) is 0.435. The van der Waals surface area contributed by atoms with Gasteiger partial charge in [0.1, 0.15) is 0 Å². The molecule has 0 spiro atoms. The van der Waals surface area contributed by atoms with Crippen molar-refractivity contribution in [3.8, 4) is 0 Å². The van der Waals surface area contributed by atoms with Gasteiger partial charge in [-0.05, 0) is 0 Å². The second-order valence-corrected chi connectivity index (χ2v) is 3.56. The highest BCUT2D eigenvalue weighted by Gasteiger charge is 2.72. The highest BCUT2D eigenvalue weighted by atomic mass is 15.8. The molecule has 2 bridgehead atoms. The Bertz CT molecular complexity index is 128. The van der Waals surface area contributed by atoms with E-state index in [1.807, 2.05) is 0 Å². The Labute approximate surface area is 56.6 Å². The van der Waals surface area contributed by atoms with Crippen molar-refractivity contribution in [3.05, 3.63) is 0 Å². The predicted octanol–water partition coefficient (Wildman–Crippen LogP) is 0.800. The van der Waals surface area contributed by atoms with Gasteiger partial charge in [0.2, 0.25) is 0 Å². The first-order chi connectivity index (χ1) is 4.10. The third-order valence-corrected chi connectivity index (χ3v) is 3.71. The maximum Gasteiger partial charge on any atom is 0.154 e. The number of quaternary nitrogens is 1. The minimum atomic E-state index is 0.801. The van der Waals surface area contributed by atoms with Crippen LogP contribution in [-0.2, 0) is 0 Å². The minimum absolute atomic E-state index is 0.801. The fourth-order valence-electron chi connectivity index (χ4n) is 2.53. The van der Waals surface area contributed by atoms with Crippen molar-refractivity contribution >= 4 is 0 Å². The van der Waals surface area contributed by atoms with E-state index in [9.17, 15) is 0 Å². The third kappa shape index (κ3) is 0.310. The first-order valence-corrected chi connectivity index (χ1v) is 3.73. The first kappa shape index (κ1) is 5.69. The van der Waals surface area contributed by atoms with Gasteiger partial charge in [0.25, 0.3) is 0 Å². The van der Waals surface area contributed by atoms with Crippen molar-refractivity contribution in [2.24, 2.45) is 0 Å². The maximum atomic E-state index is 2.56. The van der Waals surface area contributed by atoms with Gasteiger partial charge in [0.05, 0.1) is 7.05 Å². The van der Waals surface area contributed by atoms with Gasteiger partial charge < -0.3 is 0 Å². The maximum absolute atomic E-state index is 2.56. The van der Waals surface area contributed by atoms with Crippen LogP contribution in [0.3, 0.4) is 0 Å². The molecule has 9 heavy (non-hydrogen) atoms. The molecule has 52 valence electrons. The van der Waals surface area contributed by atoms with Crippen LogP contribution < -0.4 is 0 Å².